The summed E-state index contributed by atoms with van der Waals surface area (Å²) in [6, 6.07) is 0.681. The monoisotopic (exact) mass is 338 g/mol. The van der Waals surface area contributed by atoms with Gasteiger partial charge in [-0.15, -0.1) is 0 Å². The highest BCUT2D eigenvalue weighted by molar-refractivity contribution is 5.77. The van der Waals surface area contributed by atoms with Crippen molar-refractivity contribution in [1.29, 1.82) is 0 Å². The Labute approximate surface area is 142 Å². The molecule has 1 amide bonds. The van der Waals surface area contributed by atoms with Gasteiger partial charge in [-0.25, -0.2) is 4.79 Å². The highest BCUT2D eigenvalue weighted by Gasteiger charge is 2.61. The van der Waals surface area contributed by atoms with Crippen LogP contribution in [0.2, 0.25) is 0 Å². The fraction of sp³-hybridized carbons (Fsp3) is 0.882. The van der Waals surface area contributed by atoms with Crippen molar-refractivity contribution in [3.05, 3.63) is 0 Å². The highest BCUT2D eigenvalue weighted by Crippen LogP contribution is 2.53. The number of hydrogen-bond donors (Lipinski definition) is 0. The maximum atomic E-state index is 12.0. The van der Waals surface area contributed by atoms with Crippen LogP contribution in [-0.4, -0.2) is 80.0 Å². The molecule has 1 aliphatic carbocycles. The van der Waals surface area contributed by atoms with Crippen LogP contribution >= 0.6 is 0 Å². The first-order chi connectivity index (χ1) is 11.6. The molecule has 24 heavy (non-hydrogen) atoms. The SMILES string of the molecule is CCOC(=O)C1[C@H]2CN(C3CC4COCC(C3)N4C(=O)OC)C[C@@H]12. The minimum atomic E-state index is -0.238. The fourth-order valence-electron chi connectivity index (χ4n) is 5.03. The quantitative estimate of drug-likeness (QED) is 0.707. The molecular weight excluding hydrogens is 312 g/mol. The summed E-state index contributed by atoms with van der Waals surface area (Å²) in [6.45, 7) is 5.48. The average Bonchev–Trinajstić information content (AvgIpc) is 3.07. The number of amides is 1. The molecule has 5 atom stereocenters. The van der Waals surface area contributed by atoms with Crippen LogP contribution in [0.4, 0.5) is 4.79 Å². The molecule has 0 aromatic carbocycles. The topological polar surface area (TPSA) is 68.3 Å². The predicted molar refractivity (Wildman–Crippen MR) is 84.3 cm³/mol. The van der Waals surface area contributed by atoms with E-state index in [0.717, 1.165) is 25.9 Å². The number of morpholine rings is 1. The van der Waals surface area contributed by atoms with E-state index in [4.69, 9.17) is 14.2 Å². The van der Waals surface area contributed by atoms with Gasteiger partial charge in [0.15, 0.2) is 0 Å². The minimum absolute atomic E-state index is 0.0158. The number of fused-ring (bicyclic) bond motifs is 3. The van der Waals surface area contributed by atoms with Gasteiger partial charge in [-0.1, -0.05) is 0 Å². The molecule has 0 aromatic heterocycles. The second-order valence-electron chi connectivity index (χ2n) is 7.41. The van der Waals surface area contributed by atoms with E-state index in [9.17, 15) is 9.59 Å². The van der Waals surface area contributed by atoms with Gasteiger partial charge in [0.2, 0.25) is 0 Å². The lowest BCUT2D eigenvalue weighted by Gasteiger charge is -2.49. The van der Waals surface area contributed by atoms with Crippen molar-refractivity contribution < 1.29 is 23.8 Å². The molecule has 4 fully saturated rings. The van der Waals surface area contributed by atoms with Gasteiger partial charge in [-0.05, 0) is 31.6 Å². The summed E-state index contributed by atoms with van der Waals surface area (Å²) in [5, 5.41) is 0. The summed E-state index contributed by atoms with van der Waals surface area (Å²) in [6.07, 6.45) is 1.61. The molecule has 7 heteroatoms. The zero-order valence-electron chi connectivity index (χ0n) is 14.3. The minimum Gasteiger partial charge on any atom is -0.466 e. The molecule has 0 spiro atoms. The summed E-state index contributed by atoms with van der Waals surface area (Å²) in [7, 11) is 1.44. The number of carbonyl (C=O) groups excluding carboxylic acids is 2. The number of methoxy groups -OCH3 is 1. The Morgan fingerprint density at radius 2 is 1.71 bits per heavy atom. The van der Waals surface area contributed by atoms with Gasteiger partial charge in [-0.2, -0.15) is 0 Å². The Balaban J connectivity index is 1.35. The van der Waals surface area contributed by atoms with E-state index in [1.54, 1.807) is 0 Å². The summed E-state index contributed by atoms with van der Waals surface area (Å²) in [4.78, 5) is 28.3. The predicted octanol–water partition coefficient (Wildman–Crippen LogP) is 0.726. The van der Waals surface area contributed by atoms with E-state index in [0.29, 0.717) is 37.7 Å². The van der Waals surface area contributed by atoms with Gasteiger partial charge in [0.25, 0.3) is 0 Å². The number of rotatable bonds is 3. The normalized spacial score (nSPS) is 40.8. The number of piperidine rings is 2. The van der Waals surface area contributed by atoms with E-state index >= 15 is 0 Å². The van der Waals surface area contributed by atoms with Gasteiger partial charge < -0.3 is 14.2 Å². The third-order valence-electron chi connectivity index (χ3n) is 6.18. The maximum Gasteiger partial charge on any atom is 0.410 e. The fourth-order valence-corrected chi connectivity index (χ4v) is 5.03. The second-order valence-corrected chi connectivity index (χ2v) is 7.41. The van der Waals surface area contributed by atoms with Gasteiger partial charge in [0.1, 0.15) is 0 Å². The third kappa shape index (κ3) is 2.58. The van der Waals surface area contributed by atoms with Crippen LogP contribution < -0.4 is 0 Å². The van der Waals surface area contributed by atoms with Crippen LogP contribution in [0.15, 0.2) is 0 Å². The Hall–Kier alpha value is -1.34. The van der Waals surface area contributed by atoms with Crippen molar-refractivity contribution in [2.75, 3.05) is 40.0 Å². The van der Waals surface area contributed by atoms with Crippen LogP contribution in [-0.2, 0) is 19.0 Å². The molecule has 4 rings (SSSR count). The lowest BCUT2D eigenvalue weighted by atomic mass is 9.89. The number of ether oxygens (including phenoxy) is 3. The first kappa shape index (κ1) is 16.1. The molecule has 4 aliphatic rings. The lowest BCUT2D eigenvalue weighted by molar-refractivity contribution is -0.146. The summed E-state index contributed by atoms with van der Waals surface area (Å²) in [5.41, 5.74) is 0. The first-order valence-corrected chi connectivity index (χ1v) is 8.98. The molecule has 3 heterocycles. The van der Waals surface area contributed by atoms with Crippen molar-refractivity contribution in [3.63, 3.8) is 0 Å². The molecule has 2 bridgehead atoms. The van der Waals surface area contributed by atoms with Gasteiger partial charge >= 0.3 is 12.1 Å². The van der Waals surface area contributed by atoms with E-state index in [1.807, 2.05) is 11.8 Å². The summed E-state index contributed by atoms with van der Waals surface area (Å²) < 4.78 is 15.8. The second kappa shape index (κ2) is 6.19. The molecule has 3 saturated heterocycles. The van der Waals surface area contributed by atoms with Crippen LogP contribution in [0, 0.1) is 17.8 Å². The molecule has 0 N–H and O–H groups in total. The molecule has 3 aliphatic heterocycles. The van der Waals surface area contributed by atoms with Crippen molar-refractivity contribution in [2.24, 2.45) is 17.8 Å². The smallest absolute Gasteiger partial charge is 0.410 e. The van der Waals surface area contributed by atoms with Gasteiger partial charge in [0.05, 0.1) is 44.9 Å². The lowest BCUT2D eigenvalue weighted by Crippen LogP contribution is -2.62. The Morgan fingerprint density at radius 1 is 1.08 bits per heavy atom. The van der Waals surface area contributed by atoms with E-state index < -0.39 is 0 Å². The Morgan fingerprint density at radius 3 is 2.25 bits per heavy atom. The number of esters is 1. The van der Waals surface area contributed by atoms with Gasteiger partial charge in [-0.3, -0.25) is 14.6 Å². The molecule has 0 aromatic rings. The molecule has 3 unspecified atom stereocenters. The van der Waals surface area contributed by atoms with E-state index in [-0.39, 0.29) is 30.1 Å². The summed E-state index contributed by atoms with van der Waals surface area (Å²) in [5.74, 6) is 1.05. The largest absolute Gasteiger partial charge is 0.466 e. The maximum absolute atomic E-state index is 12.0. The number of carbonyl (C=O) groups is 2. The van der Waals surface area contributed by atoms with Crippen LogP contribution in [0.5, 0.6) is 0 Å². The van der Waals surface area contributed by atoms with Crippen molar-refractivity contribution in [3.8, 4) is 0 Å². The van der Waals surface area contributed by atoms with Crippen LogP contribution in [0.25, 0.3) is 0 Å². The zero-order chi connectivity index (χ0) is 16.8. The Kier molecular flexibility index (Phi) is 4.16. The third-order valence-corrected chi connectivity index (χ3v) is 6.18. The van der Waals surface area contributed by atoms with Crippen molar-refractivity contribution >= 4 is 12.1 Å². The molecule has 1 saturated carbocycles. The standard InChI is InChI=1S/C17H26N2O5/c1-3-24-16(20)15-13-6-18(7-14(13)15)10-4-11-8-23-9-12(5-10)19(11)17(21)22-2/h10-15H,3-9H2,1-2H3/t10?,11?,12?,13-,14+,15?. The van der Waals surface area contributed by atoms with Crippen LogP contribution in [0.1, 0.15) is 19.8 Å². The van der Waals surface area contributed by atoms with Crippen molar-refractivity contribution in [2.45, 2.75) is 37.9 Å². The molecule has 7 nitrogen and oxygen atoms in total. The number of likely N-dealkylation sites (tertiary alicyclic amines) is 1. The Bertz CT molecular complexity index is 501. The summed E-state index contributed by atoms with van der Waals surface area (Å²) >= 11 is 0. The van der Waals surface area contributed by atoms with E-state index in [1.165, 1.54) is 7.11 Å². The van der Waals surface area contributed by atoms with E-state index in [2.05, 4.69) is 4.90 Å². The van der Waals surface area contributed by atoms with Crippen molar-refractivity contribution in [1.82, 2.24) is 9.80 Å². The molecule has 134 valence electrons. The number of nitrogens with zero attached hydrogens (tertiary/aromatic N) is 2. The van der Waals surface area contributed by atoms with Gasteiger partial charge in [0, 0.05) is 19.1 Å². The number of hydrogen-bond acceptors (Lipinski definition) is 6. The molecule has 0 radical (unpaired) electrons. The average molecular weight is 338 g/mol. The first-order valence-electron chi connectivity index (χ1n) is 8.98. The zero-order valence-corrected chi connectivity index (χ0v) is 14.3. The van der Waals surface area contributed by atoms with Crippen LogP contribution in [0.3, 0.4) is 0 Å². The highest BCUT2D eigenvalue weighted by atomic mass is 16.5. The molecular formula is C17H26N2O5.